The highest BCUT2D eigenvalue weighted by Gasteiger charge is 2.08. The maximum atomic E-state index is 11.8. The number of benzene rings is 1. The van der Waals surface area contributed by atoms with Gasteiger partial charge in [-0.2, -0.15) is 0 Å². The molecule has 2 rings (SSSR count). The summed E-state index contributed by atoms with van der Waals surface area (Å²) in [6.07, 6.45) is 1.41. The molecule has 1 aromatic heterocycles. The van der Waals surface area contributed by atoms with E-state index in [1.165, 1.54) is 10.6 Å². The number of hydrogen-bond acceptors (Lipinski definition) is 3. The molecule has 6 nitrogen and oxygen atoms in total. The standard InChI is InChI=1S/C17H21N3O3/c1-2-20-12-14(8-9-16(20)22)19-17(23)18-11-10-15(21)13-6-4-3-5-7-13/h3-9,12,15,21H,2,10-11H2,1H3,(H2,18,19,23). The summed E-state index contributed by atoms with van der Waals surface area (Å²) < 4.78 is 1.51. The Hall–Kier alpha value is -2.60. The fraction of sp³-hybridized carbons (Fsp3) is 0.294. The average molecular weight is 315 g/mol. The number of aliphatic hydroxyl groups is 1. The number of aromatic nitrogens is 1. The molecule has 0 saturated carbocycles. The summed E-state index contributed by atoms with van der Waals surface area (Å²) in [5.41, 5.74) is 1.27. The molecule has 2 amide bonds. The lowest BCUT2D eigenvalue weighted by molar-refractivity contribution is 0.167. The van der Waals surface area contributed by atoms with E-state index in [4.69, 9.17) is 0 Å². The van der Waals surface area contributed by atoms with Gasteiger partial charge in [0, 0.05) is 25.4 Å². The molecule has 0 aliphatic heterocycles. The summed E-state index contributed by atoms with van der Waals surface area (Å²) in [7, 11) is 0. The average Bonchev–Trinajstić information content (AvgIpc) is 2.57. The van der Waals surface area contributed by atoms with Crippen LogP contribution in [0.3, 0.4) is 0 Å². The van der Waals surface area contributed by atoms with Crippen molar-refractivity contribution in [2.24, 2.45) is 0 Å². The Bertz CT molecular complexity index is 698. The van der Waals surface area contributed by atoms with Crippen LogP contribution in [0.5, 0.6) is 0 Å². The Morgan fingerprint density at radius 3 is 2.65 bits per heavy atom. The zero-order valence-electron chi connectivity index (χ0n) is 13.0. The summed E-state index contributed by atoms with van der Waals surface area (Å²) in [5, 5.41) is 15.4. The minimum Gasteiger partial charge on any atom is -0.388 e. The second kappa shape index (κ2) is 8.14. The molecule has 23 heavy (non-hydrogen) atoms. The first-order valence-corrected chi connectivity index (χ1v) is 7.58. The Labute approximate surface area is 134 Å². The summed E-state index contributed by atoms with van der Waals surface area (Å²) in [5.74, 6) is 0. The first-order chi connectivity index (χ1) is 11.1. The molecule has 1 atom stereocenters. The minimum atomic E-state index is -0.613. The molecule has 122 valence electrons. The van der Waals surface area contributed by atoms with Gasteiger partial charge in [0.2, 0.25) is 0 Å². The van der Waals surface area contributed by atoms with Crippen LogP contribution < -0.4 is 16.2 Å². The Morgan fingerprint density at radius 1 is 1.22 bits per heavy atom. The molecule has 0 aliphatic carbocycles. The Balaban J connectivity index is 1.80. The third-order valence-corrected chi connectivity index (χ3v) is 3.47. The highest BCUT2D eigenvalue weighted by Crippen LogP contribution is 2.14. The molecule has 0 radical (unpaired) electrons. The first-order valence-electron chi connectivity index (χ1n) is 7.58. The molecule has 1 unspecified atom stereocenters. The van der Waals surface area contributed by atoms with E-state index in [2.05, 4.69) is 10.6 Å². The van der Waals surface area contributed by atoms with Crippen LogP contribution in [0.4, 0.5) is 10.5 Å². The van der Waals surface area contributed by atoms with Crippen molar-refractivity contribution in [2.45, 2.75) is 26.0 Å². The quantitative estimate of drug-likeness (QED) is 0.763. The second-order valence-electron chi connectivity index (χ2n) is 5.14. The largest absolute Gasteiger partial charge is 0.388 e. The zero-order chi connectivity index (χ0) is 16.7. The van der Waals surface area contributed by atoms with E-state index in [0.717, 1.165) is 5.56 Å². The number of carbonyl (C=O) groups excluding carboxylic acids is 1. The molecule has 2 aromatic rings. The van der Waals surface area contributed by atoms with E-state index >= 15 is 0 Å². The van der Waals surface area contributed by atoms with Crippen molar-refractivity contribution >= 4 is 11.7 Å². The normalized spacial score (nSPS) is 11.7. The third kappa shape index (κ3) is 4.96. The fourth-order valence-corrected chi connectivity index (χ4v) is 2.19. The van der Waals surface area contributed by atoms with Crippen molar-refractivity contribution < 1.29 is 9.90 Å². The molecule has 0 saturated heterocycles. The van der Waals surface area contributed by atoms with Gasteiger partial charge < -0.3 is 20.3 Å². The van der Waals surface area contributed by atoms with Crippen LogP contribution in [-0.2, 0) is 6.54 Å². The number of aliphatic hydroxyl groups excluding tert-OH is 1. The number of amides is 2. The summed E-state index contributed by atoms with van der Waals surface area (Å²) in [6.45, 7) is 2.74. The van der Waals surface area contributed by atoms with Crippen LogP contribution in [0, 0.1) is 0 Å². The minimum absolute atomic E-state index is 0.107. The molecule has 3 N–H and O–H groups in total. The van der Waals surface area contributed by atoms with Crippen molar-refractivity contribution in [1.82, 2.24) is 9.88 Å². The topological polar surface area (TPSA) is 83.4 Å². The smallest absolute Gasteiger partial charge is 0.319 e. The van der Waals surface area contributed by atoms with Gasteiger partial charge in [0.1, 0.15) is 0 Å². The number of nitrogens with zero attached hydrogens (tertiary/aromatic N) is 1. The maximum Gasteiger partial charge on any atom is 0.319 e. The van der Waals surface area contributed by atoms with Gasteiger partial charge >= 0.3 is 6.03 Å². The molecular formula is C17H21N3O3. The molecule has 0 spiro atoms. The first kappa shape index (κ1) is 16.8. The number of aryl methyl sites for hydroxylation is 1. The van der Waals surface area contributed by atoms with Gasteiger partial charge in [-0.25, -0.2) is 4.79 Å². The molecule has 6 heteroatoms. The van der Waals surface area contributed by atoms with Crippen molar-refractivity contribution in [2.75, 3.05) is 11.9 Å². The summed E-state index contributed by atoms with van der Waals surface area (Å²) in [6, 6.07) is 11.9. The van der Waals surface area contributed by atoms with Crippen molar-refractivity contribution in [3.8, 4) is 0 Å². The van der Waals surface area contributed by atoms with Crippen LogP contribution in [0.1, 0.15) is 25.0 Å². The Kier molecular flexibility index (Phi) is 5.94. The van der Waals surface area contributed by atoms with E-state index in [9.17, 15) is 14.7 Å². The second-order valence-corrected chi connectivity index (χ2v) is 5.14. The summed E-state index contributed by atoms with van der Waals surface area (Å²) >= 11 is 0. The van der Waals surface area contributed by atoms with Gasteiger partial charge in [-0.1, -0.05) is 30.3 Å². The lowest BCUT2D eigenvalue weighted by atomic mass is 10.1. The molecule has 0 bridgehead atoms. The van der Waals surface area contributed by atoms with E-state index in [1.807, 2.05) is 37.3 Å². The molecule has 0 aliphatic rings. The number of rotatable bonds is 6. The van der Waals surface area contributed by atoms with E-state index < -0.39 is 6.10 Å². The van der Waals surface area contributed by atoms with E-state index in [1.54, 1.807) is 12.3 Å². The highest BCUT2D eigenvalue weighted by molar-refractivity contribution is 5.88. The van der Waals surface area contributed by atoms with Crippen LogP contribution >= 0.6 is 0 Å². The van der Waals surface area contributed by atoms with Gasteiger partial charge in [-0.3, -0.25) is 4.79 Å². The van der Waals surface area contributed by atoms with Gasteiger partial charge in [-0.05, 0) is 25.0 Å². The van der Waals surface area contributed by atoms with Crippen LogP contribution in [0.25, 0.3) is 0 Å². The van der Waals surface area contributed by atoms with E-state index in [-0.39, 0.29) is 11.6 Å². The number of anilines is 1. The fourth-order valence-electron chi connectivity index (χ4n) is 2.19. The summed E-state index contributed by atoms with van der Waals surface area (Å²) in [4.78, 5) is 23.3. The monoisotopic (exact) mass is 315 g/mol. The number of hydrogen-bond donors (Lipinski definition) is 3. The molecule has 1 heterocycles. The van der Waals surface area contributed by atoms with Crippen LogP contribution in [0.15, 0.2) is 53.5 Å². The maximum absolute atomic E-state index is 11.8. The van der Waals surface area contributed by atoms with Gasteiger partial charge in [0.15, 0.2) is 0 Å². The van der Waals surface area contributed by atoms with Gasteiger partial charge in [-0.15, -0.1) is 0 Å². The van der Waals surface area contributed by atoms with Crippen molar-refractivity contribution in [3.63, 3.8) is 0 Å². The van der Waals surface area contributed by atoms with Crippen LogP contribution in [0.2, 0.25) is 0 Å². The van der Waals surface area contributed by atoms with Crippen molar-refractivity contribution in [1.29, 1.82) is 0 Å². The number of nitrogens with one attached hydrogen (secondary N) is 2. The molecular weight excluding hydrogens is 294 g/mol. The van der Waals surface area contributed by atoms with E-state index in [0.29, 0.717) is 25.2 Å². The van der Waals surface area contributed by atoms with Crippen LogP contribution in [-0.4, -0.2) is 22.2 Å². The predicted molar refractivity (Wildman–Crippen MR) is 89.4 cm³/mol. The van der Waals surface area contributed by atoms with Crippen molar-refractivity contribution in [3.05, 3.63) is 64.6 Å². The number of pyridine rings is 1. The van der Waals surface area contributed by atoms with Gasteiger partial charge in [0.25, 0.3) is 5.56 Å². The lowest BCUT2D eigenvalue weighted by Gasteiger charge is -2.12. The number of urea groups is 1. The molecule has 1 aromatic carbocycles. The Morgan fingerprint density at radius 2 is 1.96 bits per heavy atom. The number of carbonyl (C=O) groups is 1. The SMILES string of the molecule is CCn1cc(NC(=O)NCCC(O)c2ccccc2)ccc1=O. The van der Waals surface area contributed by atoms with Gasteiger partial charge in [0.05, 0.1) is 11.8 Å². The highest BCUT2D eigenvalue weighted by atomic mass is 16.3. The lowest BCUT2D eigenvalue weighted by Crippen LogP contribution is -2.31. The predicted octanol–water partition coefficient (Wildman–Crippen LogP) is 2.11. The zero-order valence-corrected chi connectivity index (χ0v) is 13.0. The third-order valence-electron chi connectivity index (χ3n) is 3.47. The molecule has 0 fully saturated rings.